The van der Waals surface area contributed by atoms with Gasteiger partial charge in [0.1, 0.15) is 10.8 Å². The molecule has 1 aromatic carbocycles. The highest BCUT2D eigenvalue weighted by atomic mass is 35.5. The van der Waals surface area contributed by atoms with Crippen LogP contribution in [-0.2, 0) is 0 Å². The van der Waals surface area contributed by atoms with Crippen LogP contribution in [0.4, 0.5) is 0 Å². The van der Waals surface area contributed by atoms with E-state index in [1.807, 2.05) is 36.6 Å². The number of benzene rings is 1. The Labute approximate surface area is 107 Å². The zero-order chi connectivity index (χ0) is 11.8. The second kappa shape index (κ2) is 4.05. The second-order valence-electron chi connectivity index (χ2n) is 3.61. The maximum absolute atomic E-state index is 6.14. The highest BCUT2D eigenvalue weighted by molar-refractivity contribution is 7.09. The van der Waals surface area contributed by atoms with Crippen molar-refractivity contribution in [3.63, 3.8) is 0 Å². The molecule has 0 fully saturated rings. The Bertz CT molecular complexity index is 693. The van der Waals surface area contributed by atoms with Crippen molar-refractivity contribution in [1.29, 1.82) is 0 Å². The topological polar surface area (TPSA) is 38.7 Å². The molecule has 0 aliphatic rings. The number of hydrogen-bond acceptors (Lipinski definition) is 4. The van der Waals surface area contributed by atoms with E-state index in [9.17, 15) is 0 Å². The average Bonchev–Trinajstić information content (AvgIpc) is 2.76. The molecule has 3 nitrogen and oxygen atoms in total. The van der Waals surface area contributed by atoms with Gasteiger partial charge < -0.3 is 0 Å². The summed E-state index contributed by atoms with van der Waals surface area (Å²) >= 11 is 7.72. The van der Waals surface area contributed by atoms with Gasteiger partial charge in [-0.2, -0.15) is 0 Å². The molecule has 0 bridgehead atoms. The Hall–Kier alpha value is -1.52. The molecule has 0 aliphatic heterocycles. The highest BCUT2D eigenvalue weighted by Gasteiger charge is 2.09. The minimum absolute atomic E-state index is 0.469. The lowest BCUT2D eigenvalue weighted by molar-refractivity contribution is 1.18. The lowest BCUT2D eigenvalue weighted by Gasteiger charge is -2.01. The molecule has 0 radical (unpaired) electrons. The Morgan fingerprint density at radius 2 is 1.94 bits per heavy atom. The maximum Gasteiger partial charge on any atom is 0.181 e. The summed E-state index contributed by atoms with van der Waals surface area (Å²) < 4.78 is 0. The first-order chi connectivity index (χ1) is 8.24. The van der Waals surface area contributed by atoms with Crippen LogP contribution in [0.15, 0.2) is 29.6 Å². The van der Waals surface area contributed by atoms with E-state index >= 15 is 0 Å². The molecule has 2 aromatic heterocycles. The monoisotopic (exact) mass is 261 g/mol. The van der Waals surface area contributed by atoms with Crippen molar-refractivity contribution in [3.8, 4) is 11.5 Å². The van der Waals surface area contributed by atoms with Crippen molar-refractivity contribution in [2.45, 2.75) is 6.92 Å². The van der Waals surface area contributed by atoms with Gasteiger partial charge in [-0.1, -0.05) is 23.7 Å². The Kier molecular flexibility index (Phi) is 2.53. The number of hydrogen-bond donors (Lipinski definition) is 0. The summed E-state index contributed by atoms with van der Waals surface area (Å²) in [6.45, 7) is 1.96. The van der Waals surface area contributed by atoms with Crippen LogP contribution in [0.5, 0.6) is 0 Å². The van der Waals surface area contributed by atoms with Gasteiger partial charge in [0.05, 0.1) is 10.5 Å². The Balaban J connectivity index is 2.25. The molecule has 0 N–H and O–H groups in total. The summed E-state index contributed by atoms with van der Waals surface area (Å²) in [7, 11) is 0. The number of thiazole rings is 1. The van der Waals surface area contributed by atoms with Crippen molar-refractivity contribution in [1.82, 2.24) is 15.0 Å². The summed E-state index contributed by atoms with van der Waals surface area (Å²) in [6.07, 6.45) is 0. The number of para-hydroxylation sites is 1. The molecule has 0 atom stereocenters. The number of fused-ring (bicyclic) bond motifs is 1. The number of aromatic nitrogens is 3. The first-order valence-electron chi connectivity index (χ1n) is 5.09. The number of rotatable bonds is 1. The summed E-state index contributed by atoms with van der Waals surface area (Å²) in [5.74, 6) is 0.582. The predicted molar refractivity (Wildman–Crippen MR) is 70.4 cm³/mol. The minimum Gasteiger partial charge on any atom is -0.238 e. The largest absolute Gasteiger partial charge is 0.238 e. The molecule has 0 unspecified atom stereocenters. The quantitative estimate of drug-likeness (QED) is 0.627. The normalized spacial score (nSPS) is 10.9. The molecule has 0 saturated carbocycles. The Morgan fingerprint density at radius 3 is 2.71 bits per heavy atom. The van der Waals surface area contributed by atoms with Crippen LogP contribution >= 0.6 is 22.9 Å². The van der Waals surface area contributed by atoms with Gasteiger partial charge in [0, 0.05) is 10.8 Å². The van der Waals surface area contributed by atoms with Crippen LogP contribution in [0.2, 0.25) is 5.15 Å². The first kappa shape index (κ1) is 10.6. The van der Waals surface area contributed by atoms with Gasteiger partial charge in [-0.25, -0.2) is 15.0 Å². The van der Waals surface area contributed by atoms with Crippen molar-refractivity contribution in [2.24, 2.45) is 0 Å². The maximum atomic E-state index is 6.14. The minimum atomic E-state index is 0.469. The summed E-state index contributed by atoms with van der Waals surface area (Å²) in [6, 6.07) is 7.69. The van der Waals surface area contributed by atoms with Gasteiger partial charge in [-0.3, -0.25) is 0 Å². The van der Waals surface area contributed by atoms with Crippen molar-refractivity contribution in [3.05, 3.63) is 39.8 Å². The van der Waals surface area contributed by atoms with E-state index in [0.29, 0.717) is 11.0 Å². The van der Waals surface area contributed by atoms with Crippen LogP contribution in [0, 0.1) is 6.92 Å². The second-order valence-corrected chi connectivity index (χ2v) is 5.03. The van der Waals surface area contributed by atoms with Crippen LogP contribution in [-0.4, -0.2) is 15.0 Å². The van der Waals surface area contributed by atoms with E-state index in [2.05, 4.69) is 15.0 Å². The van der Waals surface area contributed by atoms with Crippen molar-refractivity contribution < 1.29 is 0 Å². The fourth-order valence-electron chi connectivity index (χ4n) is 1.62. The van der Waals surface area contributed by atoms with Crippen LogP contribution in [0.25, 0.3) is 22.4 Å². The molecule has 0 spiro atoms. The third-order valence-electron chi connectivity index (χ3n) is 2.40. The molecule has 2 heterocycles. The molecule has 0 amide bonds. The molecule has 0 aliphatic carbocycles. The number of halogens is 1. The van der Waals surface area contributed by atoms with Crippen LogP contribution < -0.4 is 0 Å². The SMILES string of the molecule is Cc1nc(-c2nc(Cl)c3ccccc3n2)cs1. The molecule has 17 heavy (non-hydrogen) atoms. The van der Waals surface area contributed by atoms with Gasteiger partial charge in [0.2, 0.25) is 0 Å². The first-order valence-corrected chi connectivity index (χ1v) is 6.34. The average molecular weight is 262 g/mol. The summed E-state index contributed by atoms with van der Waals surface area (Å²) in [5.41, 5.74) is 1.62. The Morgan fingerprint density at radius 1 is 1.12 bits per heavy atom. The third kappa shape index (κ3) is 1.90. The van der Waals surface area contributed by atoms with E-state index in [1.165, 1.54) is 0 Å². The van der Waals surface area contributed by atoms with E-state index in [1.54, 1.807) is 11.3 Å². The fourth-order valence-corrected chi connectivity index (χ4v) is 2.45. The molecule has 0 saturated heterocycles. The zero-order valence-corrected chi connectivity index (χ0v) is 10.6. The fraction of sp³-hybridized carbons (Fsp3) is 0.0833. The summed E-state index contributed by atoms with van der Waals surface area (Å²) in [5, 5.41) is 4.27. The molecule has 3 aromatic rings. The highest BCUT2D eigenvalue weighted by Crippen LogP contribution is 2.25. The predicted octanol–water partition coefficient (Wildman–Crippen LogP) is 3.72. The molecular weight excluding hydrogens is 254 g/mol. The summed E-state index contributed by atoms with van der Waals surface area (Å²) in [4.78, 5) is 13.1. The molecular formula is C12H8ClN3S. The third-order valence-corrected chi connectivity index (χ3v) is 3.47. The van der Waals surface area contributed by atoms with Crippen LogP contribution in [0.1, 0.15) is 5.01 Å². The number of aryl methyl sites for hydroxylation is 1. The number of nitrogens with zero attached hydrogens (tertiary/aromatic N) is 3. The molecule has 84 valence electrons. The van der Waals surface area contributed by atoms with Crippen molar-refractivity contribution >= 4 is 33.8 Å². The smallest absolute Gasteiger partial charge is 0.181 e. The van der Waals surface area contributed by atoms with Gasteiger partial charge in [0.25, 0.3) is 0 Å². The standard InChI is InChI=1S/C12H8ClN3S/c1-7-14-10(6-17-7)12-15-9-5-3-2-4-8(9)11(13)16-12/h2-6H,1H3. The van der Waals surface area contributed by atoms with E-state index < -0.39 is 0 Å². The van der Waals surface area contributed by atoms with Crippen LogP contribution in [0.3, 0.4) is 0 Å². The van der Waals surface area contributed by atoms with Gasteiger partial charge in [-0.05, 0) is 19.1 Å². The lowest BCUT2D eigenvalue weighted by atomic mass is 10.2. The van der Waals surface area contributed by atoms with Gasteiger partial charge in [-0.15, -0.1) is 11.3 Å². The molecule has 3 rings (SSSR count). The molecule has 5 heteroatoms. The van der Waals surface area contributed by atoms with E-state index in [4.69, 9.17) is 11.6 Å². The lowest BCUT2D eigenvalue weighted by Crippen LogP contribution is -1.91. The van der Waals surface area contributed by atoms with Gasteiger partial charge >= 0.3 is 0 Å². The van der Waals surface area contributed by atoms with Gasteiger partial charge in [0.15, 0.2) is 5.82 Å². The van der Waals surface area contributed by atoms with Crippen molar-refractivity contribution in [2.75, 3.05) is 0 Å². The van der Waals surface area contributed by atoms with E-state index in [-0.39, 0.29) is 0 Å². The van der Waals surface area contributed by atoms with E-state index in [0.717, 1.165) is 21.6 Å². The zero-order valence-electron chi connectivity index (χ0n) is 9.01.